The van der Waals surface area contributed by atoms with Crippen LogP contribution in [0.25, 0.3) is 11.2 Å². The number of benzene rings is 1. The Morgan fingerprint density at radius 3 is 2.50 bits per heavy atom. The Morgan fingerprint density at radius 2 is 1.86 bits per heavy atom. The number of hydrogen-bond donors (Lipinski definition) is 1. The largest absolute Gasteiger partial charge is 0.310 e. The van der Waals surface area contributed by atoms with Gasteiger partial charge < -0.3 is 4.98 Å². The Bertz CT molecular complexity index is 858. The maximum atomic E-state index is 12.7. The molecule has 0 atom stereocenters. The smallest absolute Gasteiger partial charge is 0.307 e. The first kappa shape index (κ1) is 14.4. The van der Waals surface area contributed by atoms with Crippen molar-refractivity contribution in [2.75, 3.05) is 18.4 Å². The zero-order valence-corrected chi connectivity index (χ0v) is 12.8. The van der Waals surface area contributed by atoms with E-state index in [-0.39, 0.29) is 5.95 Å². The summed E-state index contributed by atoms with van der Waals surface area (Å²) in [7, 11) is -0.836. The lowest BCUT2D eigenvalue weighted by molar-refractivity contribution is 0.520. The molecule has 3 aromatic rings. The van der Waals surface area contributed by atoms with Crippen molar-refractivity contribution in [3.63, 3.8) is 0 Å². The molecule has 8 nitrogen and oxygen atoms in total. The molecule has 0 bridgehead atoms. The topological polar surface area (TPSA) is 95.1 Å². The van der Waals surface area contributed by atoms with Crippen LogP contribution in [0.15, 0.2) is 42.9 Å². The molecular weight excluding hydrogens is 304 g/mol. The number of hydrogen-bond acceptors (Lipinski definition) is 5. The van der Waals surface area contributed by atoms with Gasteiger partial charge in [-0.25, -0.2) is 15.0 Å². The molecule has 2 aromatic heterocycles. The van der Waals surface area contributed by atoms with E-state index in [0.29, 0.717) is 16.9 Å². The molecule has 1 aromatic carbocycles. The van der Waals surface area contributed by atoms with E-state index in [1.165, 1.54) is 26.6 Å². The molecule has 0 saturated carbocycles. The van der Waals surface area contributed by atoms with Crippen molar-refractivity contribution in [2.45, 2.75) is 0 Å². The molecule has 0 aliphatic heterocycles. The molecule has 9 heteroatoms. The Labute approximate surface area is 127 Å². The SMILES string of the molecule is CN(C)S(=O)(=O)N(c1ccccc1)c1nc2cncnc2[nH]1. The van der Waals surface area contributed by atoms with E-state index in [4.69, 9.17) is 0 Å². The average Bonchev–Trinajstić information content (AvgIpc) is 2.91. The van der Waals surface area contributed by atoms with Gasteiger partial charge in [0.15, 0.2) is 5.65 Å². The molecule has 0 aliphatic rings. The fourth-order valence-electron chi connectivity index (χ4n) is 1.94. The lowest BCUT2D eigenvalue weighted by atomic mass is 10.3. The minimum absolute atomic E-state index is 0.162. The van der Waals surface area contributed by atoms with E-state index in [2.05, 4.69) is 19.9 Å². The minimum Gasteiger partial charge on any atom is -0.307 e. The number of aromatic amines is 1. The van der Waals surface area contributed by atoms with E-state index in [0.717, 1.165) is 8.61 Å². The monoisotopic (exact) mass is 318 g/mol. The maximum absolute atomic E-state index is 12.7. The molecule has 22 heavy (non-hydrogen) atoms. The normalized spacial score (nSPS) is 12.0. The summed E-state index contributed by atoms with van der Waals surface area (Å²) in [6, 6.07) is 8.72. The van der Waals surface area contributed by atoms with E-state index in [1.54, 1.807) is 24.3 Å². The second-order valence-corrected chi connectivity index (χ2v) is 6.70. The Kier molecular flexibility index (Phi) is 3.51. The van der Waals surface area contributed by atoms with E-state index < -0.39 is 10.2 Å². The standard InChI is InChI=1S/C13H14N6O2S/c1-18(2)22(20,21)19(10-6-4-3-5-7-10)13-16-11-8-14-9-15-12(11)17-13/h3-9H,1-2H3,(H,14,15,16,17). The molecule has 0 amide bonds. The van der Waals surface area contributed by atoms with Crippen LogP contribution in [0.5, 0.6) is 0 Å². The number of nitrogens with one attached hydrogen (secondary N) is 1. The summed E-state index contributed by atoms with van der Waals surface area (Å²) in [4.78, 5) is 15.1. The lowest BCUT2D eigenvalue weighted by Crippen LogP contribution is -2.37. The van der Waals surface area contributed by atoms with Crippen LogP contribution in [-0.4, -0.2) is 46.8 Å². The van der Waals surface area contributed by atoms with Gasteiger partial charge in [0.1, 0.15) is 11.8 Å². The molecule has 114 valence electrons. The van der Waals surface area contributed by atoms with Crippen molar-refractivity contribution in [3.05, 3.63) is 42.9 Å². The van der Waals surface area contributed by atoms with Crippen LogP contribution in [0, 0.1) is 0 Å². The van der Waals surface area contributed by atoms with Crippen LogP contribution in [0.3, 0.4) is 0 Å². The van der Waals surface area contributed by atoms with Crippen LogP contribution in [0.1, 0.15) is 0 Å². The van der Waals surface area contributed by atoms with Crippen LogP contribution < -0.4 is 4.31 Å². The number of rotatable bonds is 4. The van der Waals surface area contributed by atoms with Gasteiger partial charge in [-0.2, -0.15) is 17.0 Å². The van der Waals surface area contributed by atoms with Crippen LogP contribution in [0.2, 0.25) is 0 Å². The summed E-state index contributed by atoms with van der Waals surface area (Å²) in [6.07, 6.45) is 2.89. The van der Waals surface area contributed by atoms with Gasteiger partial charge in [0.2, 0.25) is 5.95 Å². The number of fused-ring (bicyclic) bond motifs is 1. The molecule has 0 saturated heterocycles. The molecule has 0 spiro atoms. The van der Waals surface area contributed by atoms with Gasteiger partial charge in [0.05, 0.1) is 11.9 Å². The highest BCUT2D eigenvalue weighted by molar-refractivity contribution is 7.90. The third-order valence-corrected chi connectivity index (χ3v) is 4.79. The van der Waals surface area contributed by atoms with Crippen molar-refractivity contribution < 1.29 is 8.42 Å². The number of nitrogens with zero attached hydrogens (tertiary/aromatic N) is 5. The first-order valence-electron chi connectivity index (χ1n) is 6.43. The molecule has 0 radical (unpaired) electrons. The van der Waals surface area contributed by atoms with E-state index in [1.807, 2.05) is 6.07 Å². The number of H-pyrrole nitrogens is 1. The molecule has 0 fully saturated rings. The molecule has 2 heterocycles. The Balaban J connectivity index is 2.21. The average molecular weight is 318 g/mol. The van der Waals surface area contributed by atoms with Crippen molar-refractivity contribution in [3.8, 4) is 0 Å². The van der Waals surface area contributed by atoms with Gasteiger partial charge in [0, 0.05) is 14.1 Å². The van der Waals surface area contributed by atoms with Gasteiger partial charge in [0.25, 0.3) is 0 Å². The molecule has 1 N–H and O–H groups in total. The summed E-state index contributed by atoms with van der Waals surface area (Å²) in [6.45, 7) is 0. The minimum atomic E-state index is -3.77. The summed E-state index contributed by atoms with van der Waals surface area (Å²) in [5.41, 5.74) is 1.44. The maximum Gasteiger partial charge on any atom is 0.310 e. The zero-order chi connectivity index (χ0) is 15.7. The van der Waals surface area contributed by atoms with E-state index >= 15 is 0 Å². The number of imidazole rings is 1. The summed E-state index contributed by atoms with van der Waals surface area (Å²) in [5.74, 6) is 0.162. The predicted molar refractivity (Wildman–Crippen MR) is 82.9 cm³/mol. The highest BCUT2D eigenvalue weighted by atomic mass is 32.2. The van der Waals surface area contributed by atoms with Crippen LogP contribution in [-0.2, 0) is 10.2 Å². The number of anilines is 2. The first-order valence-corrected chi connectivity index (χ1v) is 7.83. The molecular formula is C13H14N6O2S. The van der Waals surface area contributed by atoms with E-state index in [9.17, 15) is 8.42 Å². The van der Waals surface area contributed by atoms with Crippen molar-refractivity contribution in [1.29, 1.82) is 0 Å². The van der Waals surface area contributed by atoms with Crippen molar-refractivity contribution >= 4 is 33.0 Å². The highest BCUT2D eigenvalue weighted by Crippen LogP contribution is 2.28. The molecule has 0 aliphatic carbocycles. The Hall–Kier alpha value is -2.52. The molecule has 3 rings (SSSR count). The van der Waals surface area contributed by atoms with Crippen LogP contribution in [0.4, 0.5) is 11.6 Å². The number of para-hydroxylation sites is 1. The third-order valence-electron chi connectivity index (χ3n) is 3.02. The zero-order valence-electron chi connectivity index (χ0n) is 12.0. The lowest BCUT2D eigenvalue weighted by Gasteiger charge is -2.24. The van der Waals surface area contributed by atoms with Gasteiger partial charge in [-0.05, 0) is 12.1 Å². The summed E-state index contributed by atoms with van der Waals surface area (Å²) in [5, 5.41) is 0. The van der Waals surface area contributed by atoms with Gasteiger partial charge in [-0.15, -0.1) is 0 Å². The fraction of sp³-hybridized carbons (Fsp3) is 0.154. The summed E-state index contributed by atoms with van der Waals surface area (Å²) < 4.78 is 27.6. The predicted octanol–water partition coefficient (Wildman–Crippen LogP) is 1.30. The van der Waals surface area contributed by atoms with Gasteiger partial charge in [-0.1, -0.05) is 18.2 Å². The second kappa shape index (κ2) is 5.35. The first-order chi connectivity index (χ1) is 10.5. The molecule has 0 unspecified atom stereocenters. The third kappa shape index (κ3) is 2.40. The van der Waals surface area contributed by atoms with Crippen LogP contribution >= 0.6 is 0 Å². The van der Waals surface area contributed by atoms with Gasteiger partial charge >= 0.3 is 10.2 Å². The van der Waals surface area contributed by atoms with Crippen molar-refractivity contribution in [1.82, 2.24) is 24.2 Å². The highest BCUT2D eigenvalue weighted by Gasteiger charge is 2.29. The van der Waals surface area contributed by atoms with Gasteiger partial charge in [-0.3, -0.25) is 0 Å². The second-order valence-electron chi connectivity index (χ2n) is 4.71. The quantitative estimate of drug-likeness (QED) is 0.782. The fourth-order valence-corrected chi connectivity index (χ4v) is 2.96. The Morgan fingerprint density at radius 1 is 1.14 bits per heavy atom. The number of aromatic nitrogens is 4. The van der Waals surface area contributed by atoms with Crippen molar-refractivity contribution in [2.24, 2.45) is 0 Å². The summed E-state index contributed by atoms with van der Waals surface area (Å²) >= 11 is 0.